The van der Waals surface area contributed by atoms with Gasteiger partial charge >= 0.3 is 0 Å². The van der Waals surface area contributed by atoms with E-state index in [1.807, 2.05) is 13.8 Å². The molecule has 1 fully saturated rings. The quantitative estimate of drug-likeness (QED) is 0.0557. The fourth-order valence-corrected chi connectivity index (χ4v) is 4.59. The van der Waals surface area contributed by atoms with E-state index in [2.05, 4.69) is 45.1 Å². The number of nitrogens with zero attached hydrogens (tertiary/aromatic N) is 1. The maximum Gasteiger partial charge on any atom is 0.246 e. The monoisotopic (exact) mass is 679 g/mol. The first-order valence-corrected chi connectivity index (χ1v) is 16.2. The van der Waals surface area contributed by atoms with E-state index >= 15 is 0 Å². The fraction of sp³-hybridized carbons (Fsp3) is 0.656. The number of hydrogen-bond donors (Lipinski definition) is 6. The van der Waals surface area contributed by atoms with Crippen LogP contribution in [0.15, 0.2) is 24.8 Å². The number of amides is 7. The van der Waals surface area contributed by atoms with Crippen LogP contribution in [0.1, 0.15) is 53.4 Å². The van der Waals surface area contributed by atoms with Gasteiger partial charge in [0.1, 0.15) is 24.7 Å². The molecular formula is C32H53N7O9. The highest BCUT2D eigenvalue weighted by atomic mass is 16.5. The second kappa shape index (κ2) is 23.1. The zero-order valence-electron chi connectivity index (χ0n) is 28.6. The molecule has 0 saturated carbocycles. The molecule has 1 saturated heterocycles. The Labute approximate surface area is 282 Å². The van der Waals surface area contributed by atoms with Gasteiger partial charge in [-0.15, -0.1) is 0 Å². The van der Waals surface area contributed by atoms with Gasteiger partial charge in [-0.25, -0.2) is 0 Å². The molecule has 270 valence electrons. The first-order valence-electron chi connectivity index (χ1n) is 16.2. The topological polar surface area (TPSA) is 213 Å². The summed E-state index contributed by atoms with van der Waals surface area (Å²) in [4.78, 5) is 87.2. The summed E-state index contributed by atoms with van der Waals surface area (Å²) >= 11 is 0. The molecule has 6 N–H and O–H groups in total. The van der Waals surface area contributed by atoms with Gasteiger partial charge in [-0.3, -0.25) is 33.6 Å². The molecule has 16 nitrogen and oxygen atoms in total. The van der Waals surface area contributed by atoms with E-state index in [4.69, 9.17) is 9.47 Å². The molecule has 0 spiro atoms. The Bertz CT molecular complexity index is 1140. The van der Waals surface area contributed by atoms with Gasteiger partial charge in [0.05, 0.1) is 26.4 Å². The van der Waals surface area contributed by atoms with Crippen LogP contribution in [0.3, 0.4) is 0 Å². The maximum absolute atomic E-state index is 12.8. The van der Waals surface area contributed by atoms with E-state index in [1.165, 1.54) is 11.8 Å². The maximum atomic E-state index is 12.8. The van der Waals surface area contributed by atoms with E-state index in [1.54, 1.807) is 6.92 Å². The van der Waals surface area contributed by atoms with Gasteiger partial charge in [0.2, 0.25) is 41.4 Å². The summed E-state index contributed by atoms with van der Waals surface area (Å²) in [5.41, 5.74) is 0.422. The number of nitrogens with one attached hydrogen (secondary N) is 6. The van der Waals surface area contributed by atoms with E-state index in [-0.39, 0.29) is 57.2 Å². The number of carbonyl (C=O) groups excluding carboxylic acids is 7. The number of carbonyl (C=O) groups is 7. The molecule has 0 radical (unpaired) electrons. The highest BCUT2D eigenvalue weighted by molar-refractivity contribution is 5.96. The van der Waals surface area contributed by atoms with Crippen molar-refractivity contribution in [2.24, 2.45) is 5.92 Å². The summed E-state index contributed by atoms with van der Waals surface area (Å²) in [7, 11) is 0. The van der Waals surface area contributed by atoms with Crippen LogP contribution in [0, 0.1) is 5.92 Å². The first kappa shape index (κ1) is 41.7. The average molecular weight is 680 g/mol. The van der Waals surface area contributed by atoms with Crippen LogP contribution >= 0.6 is 0 Å². The molecule has 0 bridgehead atoms. The van der Waals surface area contributed by atoms with Crippen molar-refractivity contribution in [2.75, 3.05) is 59.2 Å². The van der Waals surface area contributed by atoms with Gasteiger partial charge < -0.3 is 46.3 Å². The largest absolute Gasteiger partial charge is 0.377 e. The predicted molar refractivity (Wildman–Crippen MR) is 177 cm³/mol. The second-order valence-corrected chi connectivity index (χ2v) is 11.8. The van der Waals surface area contributed by atoms with Crippen molar-refractivity contribution in [2.45, 2.75) is 71.5 Å². The predicted octanol–water partition coefficient (Wildman–Crippen LogP) is -1.34. The summed E-state index contributed by atoms with van der Waals surface area (Å²) in [6.45, 7) is 15.2. The summed E-state index contributed by atoms with van der Waals surface area (Å²) < 4.78 is 10.7. The van der Waals surface area contributed by atoms with Crippen molar-refractivity contribution >= 4 is 41.4 Å². The van der Waals surface area contributed by atoms with Gasteiger partial charge in [0.15, 0.2) is 0 Å². The Morgan fingerprint density at radius 3 is 2.23 bits per heavy atom. The number of ether oxygens (including phenoxy) is 2. The first-order chi connectivity index (χ1) is 22.8. The lowest BCUT2D eigenvalue weighted by atomic mass is 10.0. The smallest absolute Gasteiger partial charge is 0.246 e. The van der Waals surface area contributed by atoms with Crippen molar-refractivity contribution in [3.05, 3.63) is 24.8 Å². The molecule has 1 heterocycles. The zero-order valence-corrected chi connectivity index (χ0v) is 28.6. The second-order valence-electron chi connectivity index (χ2n) is 11.8. The Hall–Kier alpha value is -4.31. The van der Waals surface area contributed by atoms with Crippen LogP contribution in [0.4, 0.5) is 0 Å². The molecule has 3 atom stereocenters. The normalized spacial score (nSPS) is 15.1. The number of rotatable bonds is 23. The molecule has 0 aromatic heterocycles. The average Bonchev–Trinajstić information content (AvgIpc) is 3.53. The van der Waals surface area contributed by atoms with E-state index in [9.17, 15) is 33.6 Å². The summed E-state index contributed by atoms with van der Waals surface area (Å²) in [5.74, 6) is -2.78. The van der Waals surface area contributed by atoms with Crippen molar-refractivity contribution in [1.82, 2.24) is 36.8 Å². The third-order valence-corrected chi connectivity index (χ3v) is 7.03. The summed E-state index contributed by atoms with van der Waals surface area (Å²) in [5, 5.41) is 15.8. The highest BCUT2D eigenvalue weighted by Crippen LogP contribution is 2.18. The Balaban J connectivity index is 2.33. The number of likely N-dealkylation sites (tertiary alicyclic amines) is 1. The van der Waals surface area contributed by atoms with Crippen LogP contribution in [0.25, 0.3) is 0 Å². The van der Waals surface area contributed by atoms with E-state index in [0.717, 1.165) is 6.08 Å². The minimum atomic E-state index is -0.842. The zero-order chi connectivity index (χ0) is 36.1. The van der Waals surface area contributed by atoms with Gasteiger partial charge in [-0.05, 0) is 51.5 Å². The Morgan fingerprint density at radius 2 is 1.56 bits per heavy atom. The van der Waals surface area contributed by atoms with Gasteiger partial charge in [-0.2, -0.15) is 0 Å². The SMILES string of the molecule is C=CC(=O)NC(C)C(=O)N1CCCC1C(=O)NCC(=O)NC(CC(C)C)C(=O)NCCOCCOCC(=O)NCCCNC(=O)C(=C)C. The minimum Gasteiger partial charge on any atom is -0.377 e. The molecule has 1 aliphatic heterocycles. The fourth-order valence-electron chi connectivity index (χ4n) is 4.59. The molecule has 16 heteroatoms. The standard InChI is InChI=1S/C32H53N7O9/c1-7-26(40)37-23(6)32(46)39-14-8-10-25(39)31(45)36-19-27(41)38-24(18-21(2)3)30(44)35-13-15-47-16-17-48-20-28(42)33-11-9-12-34-29(43)22(4)5/h7,21,23-25H,1,4,8-20H2,2-3,5-6H3,(H,33,42)(H,34,43)(H,35,44)(H,36,45)(H,37,40)(H,38,41). The molecule has 7 amide bonds. The van der Waals surface area contributed by atoms with E-state index in [0.29, 0.717) is 50.9 Å². The molecule has 48 heavy (non-hydrogen) atoms. The van der Waals surface area contributed by atoms with Crippen LogP contribution in [-0.4, -0.2) is 124 Å². The van der Waals surface area contributed by atoms with E-state index < -0.39 is 47.7 Å². The molecule has 3 unspecified atom stereocenters. The molecule has 0 aliphatic carbocycles. The Morgan fingerprint density at radius 1 is 0.875 bits per heavy atom. The Kier molecular flexibility index (Phi) is 20.1. The molecular weight excluding hydrogens is 626 g/mol. The lowest BCUT2D eigenvalue weighted by Gasteiger charge is -2.27. The van der Waals surface area contributed by atoms with Gasteiger partial charge in [0.25, 0.3) is 0 Å². The number of hydrogen-bond acceptors (Lipinski definition) is 9. The van der Waals surface area contributed by atoms with Crippen LogP contribution in [0.2, 0.25) is 0 Å². The minimum absolute atomic E-state index is 0.0882. The van der Waals surface area contributed by atoms with Crippen LogP contribution in [-0.2, 0) is 43.0 Å². The lowest BCUT2D eigenvalue weighted by Crippen LogP contribution is -2.54. The van der Waals surface area contributed by atoms with Crippen LogP contribution in [0.5, 0.6) is 0 Å². The molecule has 1 rings (SSSR count). The lowest BCUT2D eigenvalue weighted by molar-refractivity contribution is -0.141. The van der Waals surface area contributed by atoms with Gasteiger partial charge in [-0.1, -0.05) is 27.0 Å². The summed E-state index contributed by atoms with van der Waals surface area (Å²) in [6, 6.07) is -2.45. The van der Waals surface area contributed by atoms with Crippen molar-refractivity contribution < 1.29 is 43.0 Å². The van der Waals surface area contributed by atoms with Gasteiger partial charge in [0, 0.05) is 31.8 Å². The van der Waals surface area contributed by atoms with Crippen LogP contribution < -0.4 is 31.9 Å². The highest BCUT2D eigenvalue weighted by Gasteiger charge is 2.36. The van der Waals surface area contributed by atoms with Crippen molar-refractivity contribution in [3.63, 3.8) is 0 Å². The molecule has 0 aromatic rings. The van der Waals surface area contributed by atoms with Crippen molar-refractivity contribution in [1.29, 1.82) is 0 Å². The summed E-state index contributed by atoms with van der Waals surface area (Å²) in [6.07, 6.45) is 3.01. The van der Waals surface area contributed by atoms with Crippen molar-refractivity contribution in [3.8, 4) is 0 Å². The third kappa shape index (κ3) is 17.0. The molecule has 1 aliphatic rings. The molecule has 0 aromatic carbocycles. The third-order valence-electron chi connectivity index (χ3n) is 7.03.